The second-order valence-corrected chi connectivity index (χ2v) is 4.09. The van der Waals surface area contributed by atoms with Crippen LogP contribution in [0.4, 0.5) is 13.2 Å². The highest BCUT2D eigenvalue weighted by molar-refractivity contribution is 5.79. The summed E-state index contributed by atoms with van der Waals surface area (Å²) in [7, 11) is 0. The Labute approximate surface area is 102 Å². The van der Waals surface area contributed by atoms with Crippen molar-refractivity contribution in [2.24, 2.45) is 5.92 Å². The molecule has 0 amide bonds. The Kier molecular flexibility index (Phi) is 3.19. The van der Waals surface area contributed by atoms with Gasteiger partial charge < -0.3 is 0 Å². The number of hydrogen-bond acceptors (Lipinski definition) is 2. The van der Waals surface area contributed by atoms with Crippen LogP contribution < -0.4 is 0 Å². The number of nitriles is 1. The van der Waals surface area contributed by atoms with Gasteiger partial charge in [-0.05, 0) is 19.1 Å². The second kappa shape index (κ2) is 4.65. The van der Waals surface area contributed by atoms with Crippen LogP contribution in [0.25, 0.3) is 10.9 Å². The molecule has 0 spiro atoms. The lowest BCUT2D eigenvalue weighted by Gasteiger charge is -2.06. The molecule has 5 heteroatoms. The number of aromatic nitrogens is 1. The van der Waals surface area contributed by atoms with Gasteiger partial charge in [-0.25, -0.2) is 18.2 Å². The van der Waals surface area contributed by atoms with E-state index in [-0.39, 0.29) is 16.8 Å². The van der Waals surface area contributed by atoms with Crippen molar-refractivity contribution in [2.75, 3.05) is 0 Å². The summed E-state index contributed by atoms with van der Waals surface area (Å²) in [4.78, 5) is 3.93. The topological polar surface area (TPSA) is 36.7 Å². The van der Waals surface area contributed by atoms with Gasteiger partial charge in [-0.1, -0.05) is 6.07 Å². The summed E-state index contributed by atoms with van der Waals surface area (Å²) in [5.74, 6) is -4.33. The minimum atomic E-state index is -1.53. The van der Waals surface area contributed by atoms with E-state index in [0.717, 1.165) is 6.07 Å². The van der Waals surface area contributed by atoms with Crippen molar-refractivity contribution < 1.29 is 13.2 Å². The molecule has 2 rings (SSSR count). The summed E-state index contributed by atoms with van der Waals surface area (Å²) in [6, 6.07) is 5.97. The average molecular weight is 250 g/mol. The molecule has 0 N–H and O–H groups in total. The van der Waals surface area contributed by atoms with Crippen molar-refractivity contribution >= 4 is 10.9 Å². The summed E-state index contributed by atoms with van der Waals surface area (Å²) < 4.78 is 39.6. The zero-order chi connectivity index (χ0) is 13.3. The summed E-state index contributed by atoms with van der Waals surface area (Å²) in [5.41, 5.74) is 0.262. The number of nitrogens with zero attached hydrogens (tertiary/aromatic N) is 2. The summed E-state index contributed by atoms with van der Waals surface area (Å²) >= 11 is 0. The third-order valence-electron chi connectivity index (χ3n) is 2.61. The van der Waals surface area contributed by atoms with Gasteiger partial charge in [0.05, 0.1) is 6.07 Å². The van der Waals surface area contributed by atoms with Crippen molar-refractivity contribution in [3.8, 4) is 6.07 Å². The van der Waals surface area contributed by atoms with Crippen LogP contribution >= 0.6 is 0 Å². The van der Waals surface area contributed by atoms with Crippen LogP contribution in [0, 0.1) is 34.7 Å². The summed E-state index contributed by atoms with van der Waals surface area (Å²) in [6.07, 6.45) is 0.338. The minimum absolute atomic E-state index is 0.194. The van der Waals surface area contributed by atoms with Crippen LogP contribution in [0.15, 0.2) is 18.2 Å². The smallest absolute Gasteiger partial charge is 0.196 e. The predicted molar refractivity (Wildman–Crippen MR) is 60.1 cm³/mol. The molecule has 1 heterocycles. The zero-order valence-corrected chi connectivity index (χ0v) is 9.54. The monoisotopic (exact) mass is 250 g/mol. The van der Waals surface area contributed by atoms with Gasteiger partial charge in [0.15, 0.2) is 17.5 Å². The fourth-order valence-electron chi connectivity index (χ4n) is 1.68. The van der Waals surface area contributed by atoms with Gasteiger partial charge >= 0.3 is 0 Å². The first-order chi connectivity index (χ1) is 8.52. The minimum Gasteiger partial charge on any atom is -0.250 e. The van der Waals surface area contributed by atoms with E-state index in [9.17, 15) is 13.2 Å². The highest BCUT2D eigenvalue weighted by Crippen LogP contribution is 2.22. The van der Waals surface area contributed by atoms with Crippen molar-refractivity contribution in [1.29, 1.82) is 5.26 Å². The lowest BCUT2D eigenvalue weighted by molar-refractivity contribution is 0.452. The van der Waals surface area contributed by atoms with Crippen LogP contribution in [0.3, 0.4) is 0 Å². The predicted octanol–water partition coefficient (Wildman–Crippen LogP) is 3.35. The zero-order valence-electron chi connectivity index (χ0n) is 9.54. The van der Waals surface area contributed by atoms with Gasteiger partial charge in [0.25, 0.3) is 0 Å². The van der Waals surface area contributed by atoms with Crippen molar-refractivity contribution in [3.05, 3.63) is 41.3 Å². The first-order valence-electron chi connectivity index (χ1n) is 5.35. The van der Waals surface area contributed by atoms with Crippen LogP contribution in [-0.4, -0.2) is 4.98 Å². The largest absolute Gasteiger partial charge is 0.250 e. The summed E-state index contributed by atoms with van der Waals surface area (Å²) in [5, 5.41) is 8.88. The molecule has 0 aliphatic carbocycles. The van der Waals surface area contributed by atoms with Crippen LogP contribution in [0.1, 0.15) is 12.6 Å². The van der Waals surface area contributed by atoms with Gasteiger partial charge in [-0.3, -0.25) is 0 Å². The lowest BCUT2D eigenvalue weighted by Crippen LogP contribution is -2.01. The Morgan fingerprint density at radius 1 is 1.28 bits per heavy atom. The van der Waals surface area contributed by atoms with Gasteiger partial charge in [-0.2, -0.15) is 5.26 Å². The number of halogens is 3. The molecule has 2 nitrogen and oxygen atoms in total. The highest BCUT2D eigenvalue weighted by Gasteiger charge is 2.15. The maximum absolute atomic E-state index is 13.5. The molecule has 0 aliphatic heterocycles. The average Bonchev–Trinajstić information content (AvgIpc) is 2.37. The third-order valence-corrected chi connectivity index (χ3v) is 2.61. The van der Waals surface area contributed by atoms with Crippen molar-refractivity contribution in [2.45, 2.75) is 13.3 Å². The molecule has 0 aliphatic rings. The normalized spacial score (nSPS) is 12.4. The standard InChI is InChI=1S/C13H9F3N2/c1-7(6-17)4-9-3-2-8-5-10(14)11(15)12(16)13(8)18-9/h2-3,5,7H,4H2,1H3. The lowest BCUT2D eigenvalue weighted by atomic mass is 10.1. The van der Waals surface area contributed by atoms with Crippen LogP contribution in [-0.2, 0) is 6.42 Å². The Bertz CT molecular complexity index is 647. The van der Waals surface area contributed by atoms with E-state index in [1.807, 2.05) is 6.07 Å². The fourth-order valence-corrected chi connectivity index (χ4v) is 1.68. The quantitative estimate of drug-likeness (QED) is 0.766. The third kappa shape index (κ3) is 2.14. The van der Waals surface area contributed by atoms with E-state index in [0.29, 0.717) is 12.1 Å². The van der Waals surface area contributed by atoms with Gasteiger partial charge in [0.1, 0.15) is 5.52 Å². The Morgan fingerprint density at radius 3 is 2.67 bits per heavy atom. The number of benzene rings is 1. The Hall–Kier alpha value is -2.09. The summed E-state index contributed by atoms with van der Waals surface area (Å²) in [6.45, 7) is 1.70. The molecule has 0 fully saturated rings. The number of rotatable bonds is 2. The Balaban J connectivity index is 2.55. The molecule has 1 atom stereocenters. The molecule has 0 saturated heterocycles. The maximum Gasteiger partial charge on any atom is 0.196 e. The van der Waals surface area contributed by atoms with E-state index in [1.165, 1.54) is 6.07 Å². The molecule has 1 aromatic carbocycles. The number of fused-ring (bicyclic) bond motifs is 1. The molecular weight excluding hydrogens is 241 g/mol. The number of hydrogen-bond donors (Lipinski definition) is 0. The van der Waals surface area contributed by atoms with Gasteiger partial charge in [-0.15, -0.1) is 0 Å². The second-order valence-electron chi connectivity index (χ2n) is 4.09. The first-order valence-corrected chi connectivity index (χ1v) is 5.35. The highest BCUT2D eigenvalue weighted by atomic mass is 19.2. The van der Waals surface area contributed by atoms with Crippen LogP contribution in [0.2, 0.25) is 0 Å². The molecule has 1 aromatic heterocycles. The van der Waals surface area contributed by atoms with E-state index in [2.05, 4.69) is 4.98 Å². The van der Waals surface area contributed by atoms with E-state index < -0.39 is 17.5 Å². The maximum atomic E-state index is 13.5. The van der Waals surface area contributed by atoms with Gasteiger partial charge in [0.2, 0.25) is 0 Å². The van der Waals surface area contributed by atoms with E-state index in [4.69, 9.17) is 5.26 Å². The molecule has 18 heavy (non-hydrogen) atoms. The fraction of sp³-hybridized carbons (Fsp3) is 0.231. The molecule has 0 bridgehead atoms. The Morgan fingerprint density at radius 2 is 2.00 bits per heavy atom. The first kappa shape index (κ1) is 12.4. The molecule has 92 valence electrons. The van der Waals surface area contributed by atoms with Crippen molar-refractivity contribution in [1.82, 2.24) is 4.98 Å². The van der Waals surface area contributed by atoms with Crippen molar-refractivity contribution in [3.63, 3.8) is 0 Å². The van der Waals surface area contributed by atoms with Crippen LogP contribution in [0.5, 0.6) is 0 Å². The molecule has 0 saturated carbocycles. The van der Waals surface area contributed by atoms with E-state index >= 15 is 0 Å². The SMILES string of the molecule is CC(C#N)Cc1ccc2cc(F)c(F)c(F)c2n1. The molecule has 2 aromatic rings. The van der Waals surface area contributed by atoms with E-state index in [1.54, 1.807) is 13.0 Å². The molecule has 1 unspecified atom stereocenters. The van der Waals surface area contributed by atoms with Gasteiger partial charge in [0, 0.05) is 23.4 Å². The molecular formula is C13H9F3N2. The number of pyridine rings is 1. The molecule has 0 radical (unpaired) electrons.